The van der Waals surface area contributed by atoms with Gasteiger partial charge in [-0.2, -0.15) is 0 Å². The Kier molecular flexibility index (Phi) is 3.96. The van der Waals surface area contributed by atoms with Gasteiger partial charge in [0.2, 0.25) is 0 Å². The molecule has 0 saturated carbocycles. The molecule has 0 amide bonds. The zero-order valence-corrected chi connectivity index (χ0v) is 13.6. The number of anilines is 1. The number of nitrogens with one attached hydrogen (secondary N) is 2. The Labute approximate surface area is 144 Å². The largest absolute Gasteiger partial charge is 0.497 e. The highest BCUT2D eigenvalue weighted by molar-refractivity contribution is 5.85. The van der Waals surface area contributed by atoms with Crippen molar-refractivity contribution in [2.24, 2.45) is 0 Å². The third-order valence-electron chi connectivity index (χ3n) is 3.84. The second-order valence-electron chi connectivity index (χ2n) is 5.45. The smallest absolute Gasteiger partial charge is 0.183 e. The Morgan fingerprint density at radius 3 is 2.76 bits per heavy atom. The Hall–Kier alpha value is -3.48. The van der Waals surface area contributed by atoms with Gasteiger partial charge in [0.1, 0.15) is 23.4 Å². The highest BCUT2D eigenvalue weighted by Crippen LogP contribution is 2.22. The van der Waals surface area contributed by atoms with Crippen LogP contribution in [0.2, 0.25) is 0 Å². The monoisotopic (exact) mass is 332 g/mol. The maximum atomic E-state index is 5.18. The van der Waals surface area contributed by atoms with E-state index in [2.05, 4.69) is 30.2 Å². The summed E-state index contributed by atoms with van der Waals surface area (Å²) in [5.74, 6) is 2.27. The molecule has 1 aromatic carbocycles. The molecule has 0 spiro atoms. The summed E-state index contributed by atoms with van der Waals surface area (Å²) in [5.41, 5.74) is 3.42. The summed E-state index contributed by atoms with van der Waals surface area (Å²) >= 11 is 0. The van der Waals surface area contributed by atoms with Crippen molar-refractivity contribution in [2.45, 2.75) is 6.54 Å². The molecule has 3 heterocycles. The standard InChI is InChI=1S/C18H16N6O/c1-25-14-6-4-12(5-7-14)9-20-17-15-18(22-11-21-17)24-16(23-15)13-3-2-8-19-10-13/h2-8,10-11H,9H2,1H3,(H2,20,21,22,23,24). The van der Waals surface area contributed by atoms with Crippen LogP contribution in [-0.2, 0) is 6.54 Å². The van der Waals surface area contributed by atoms with Gasteiger partial charge in [0, 0.05) is 24.5 Å². The van der Waals surface area contributed by atoms with E-state index in [1.54, 1.807) is 19.5 Å². The van der Waals surface area contributed by atoms with E-state index in [1.165, 1.54) is 6.33 Å². The summed E-state index contributed by atoms with van der Waals surface area (Å²) in [6.45, 7) is 0.636. The second kappa shape index (κ2) is 6.56. The van der Waals surface area contributed by atoms with Crippen LogP contribution in [0.4, 0.5) is 5.82 Å². The lowest BCUT2D eigenvalue weighted by Gasteiger charge is -2.07. The molecule has 0 fully saturated rings. The third-order valence-corrected chi connectivity index (χ3v) is 3.84. The van der Waals surface area contributed by atoms with E-state index in [-0.39, 0.29) is 0 Å². The molecule has 0 aliphatic rings. The summed E-state index contributed by atoms with van der Waals surface area (Å²) in [6, 6.07) is 11.7. The van der Waals surface area contributed by atoms with Crippen molar-refractivity contribution in [1.29, 1.82) is 0 Å². The van der Waals surface area contributed by atoms with E-state index in [9.17, 15) is 0 Å². The number of hydrogen-bond donors (Lipinski definition) is 2. The first-order valence-corrected chi connectivity index (χ1v) is 7.81. The van der Waals surface area contributed by atoms with Crippen molar-refractivity contribution in [1.82, 2.24) is 24.9 Å². The van der Waals surface area contributed by atoms with E-state index < -0.39 is 0 Å². The first kappa shape index (κ1) is 15.1. The first-order valence-electron chi connectivity index (χ1n) is 7.81. The van der Waals surface area contributed by atoms with Crippen LogP contribution in [0.25, 0.3) is 22.6 Å². The zero-order chi connectivity index (χ0) is 17.1. The molecule has 4 rings (SSSR count). The fourth-order valence-corrected chi connectivity index (χ4v) is 2.53. The van der Waals surface area contributed by atoms with Crippen molar-refractivity contribution >= 4 is 17.0 Å². The number of pyridine rings is 1. The molecule has 0 unspecified atom stereocenters. The highest BCUT2D eigenvalue weighted by atomic mass is 16.5. The molecule has 124 valence electrons. The Morgan fingerprint density at radius 1 is 1.12 bits per heavy atom. The number of hydrogen-bond acceptors (Lipinski definition) is 6. The average Bonchev–Trinajstić information content (AvgIpc) is 3.12. The lowest BCUT2D eigenvalue weighted by molar-refractivity contribution is 0.414. The van der Waals surface area contributed by atoms with Gasteiger partial charge < -0.3 is 15.0 Å². The van der Waals surface area contributed by atoms with E-state index >= 15 is 0 Å². The van der Waals surface area contributed by atoms with E-state index in [0.29, 0.717) is 18.0 Å². The molecule has 0 atom stereocenters. The Bertz CT molecular complexity index is 982. The molecule has 0 radical (unpaired) electrons. The number of ether oxygens (including phenoxy) is 1. The Balaban J connectivity index is 1.60. The molecule has 3 aromatic heterocycles. The zero-order valence-electron chi connectivity index (χ0n) is 13.6. The number of H-pyrrole nitrogens is 1. The number of rotatable bonds is 5. The average molecular weight is 332 g/mol. The summed E-state index contributed by atoms with van der Waals surface area (Å²) < 4.78 is 5.18. The molecule has 2 N–H and O–H groups in total. The lowest BCUT2D eigenvalue weighted by Crippen LogP contribution is -2.02. The van der Waals surface area contributed by atoms with Crippen LogP contribution in [0.15, 0.2) is 55.1 Å². The number of methoxy groups -OCH3 is 1. The minimum Gasteiger partial charge on any atom is -0.497 e. The minimum absolute atomic E-state index is 0.617. The normalized spacial score (nSPS) is 10.8. The molecule has 0 saturated heterocycles. The van der Waals surface area contributed by atoms with Crippen LogP contribution in [-0.4, -0.2) is 32.0 Å². The number of fused-ring (bicyclic) bond motifs is 1. The fraction of sp³-hybridized carbons (Fsp3) is 0.111. The van der Waals surface area contributed by atoms with Gasteiger partial charge in [0.15, 0.2) is 11.5 Å². The van der Waals surface area contributed by atoms with E-state index in [1.807, 2.05) is 36.4 Å². The van der Waals surface area contributed by atoms with Crippen molar-refractivity contribution in [3.05, 3.63) is 60.7 Å². The maximum Gasteiger partial charge on any atom is 0.183 e. The van der Waals surface area contributed by atoms with Crippen molar-refractivity contribution in [2.75, 3.05) is 12.4 Å². The summed E-state index contributed by atoms with van der Waals surface area (Å²) in [7, 11) is 1.66. The first-order chi connectivity index (χ1) is 12.3. The third kappa shape index (κ3) is 3.12. The topological polar surface area (TPSA) is 88.6 Å². The SMILES string of the molecule is COc1ccc(CNc2ncnc3nc(-c4cccnc4)[nH]c23)cc1. The number of imidazole rings is 1. The van der Waals surface area contributed by atoms with Gasteiger partial charge >= 0.3 is 0 Å². The van der Waals surface area contributed by atoms with Gasteiger partial charge in [0.25, 0.3) is 0 Å². The molecular formula is C18H16N6O. The molecule has 25 heavy (non-hydrogen) atoms. The van der Waals surface area contributed by atoms with Crippen LogP contribution in [0.5, 0.6) is 5.75 Å². The number of nitrogens with zero attached hydrogens (tertiary/aromatic N) is 4. The summed E-state index contributed by atoms with van der Waals surface area (Å²) in [4.78, 5) is 20.5. The van der Waals surface area contributed by atoms with Gasteiger partial charge in [-0.15, -0.1) is 0 Å². The van der Waals surface area contributed by atoms with Crippen LogP contribution >= 0.6 is 0 Å². The highest BCUT2D eigenvalue weighted by Gasteiger charge is 2.11. The van der Waals surface area contributed by atoms with Crippen LogP contribution in [0.1, 0.15) is 5.56 Å². The van der Waals surface area contributed by atoms with Gasteiger partial charge in [-0.05, 0) is 29.8 Å². The fourth-order valence-electron chi connectivity index (χ4n) is 2.53. The maximum absolute atomic E-state index is 5.18. The molecule has 0 bridgehead atoms. The molecule has 0 aliphatic heterocycles. The number of aromatic amines is 1. The van der Waals surface area contributed by atoms with E-state index in [0.717, 1.165) is 28.2 Å². The summed E-state index contributed by atoms with van der Waals surface area (Å²) in [6.07, 6.45) is 5.00. The quantitative estimate of drug-likeness (QED) is 0.584. The Morgan fingerprint density at radius 2 is 2.00 bits per heavy atom. The predicted molar refractivity (Wildman–Crippen MR) is 95.2 cm³/mol. The van der Waals surface area contributed by atoms with E-state index in [4.69, 9.17) is 4.74 Å². The molecule has 0 aliphatic carbocycles. The lowest BCUT2D eigenvalue weighted by atomic mass is 10.2. The summed E-state index contributed by atoms with van der Waals surface area (Å²) in [5, 5.41) is 3.33. The van der Waals surface area contributed by atoms with Crippen LogP contribution < -0.4 is 10.1 Å². The van der Waals surface area contributed by atoms with Gasteiger partial charge in [-0.3, -0.25) is 4.98 Å². The number of benzene rings is 1. The molecule has 7 nitrogen and oxygen atoms in total. The predicted octanol–water partition coefficient (Wildman–Crippen LogP) is 3.04. The number of aromatic nitrogens is 5. The van der Waals surface area contributed by atoms with Gasteiger partial charge in [-0.25, -0.2) is 15.0 Å². The van der Waals surface area contributed by atoms with Crippen molar-refractivity contribution in [3.8, 4) is 17.1 Å². The molecule has 4 aromatic rings. The molecular weight excluding hydrogens is 316 g/mol. The van der Waals surface area contributed by atoms with Crippen LogP contribution in [0.3, 0.4) is 0 Å². The van der Waals surface area contributed by atoms with Crippen LogP contribution in [0, 0.1) is 0 Å². The van der Waals surface area contributed by atoms with Crippen molar-refractivity contribution in [3.63, 3.8) is 0 Å². The minimum atomic E-state index is 0.617. The second-order valence-corrected chi connectivity index (χ2v) is 5.45. The van der Waals surface area contributed by atoms with Gasteiger partial charge in [0.05, 0.1) is 7.11 Å². The van der Waals surface area contributed by atoms with Crippen molar-refractivity contribution < 1.29 is 4.74 Å². The van der Waals surface area contributed by atoms with Gasteiger partial charge in [-0.1, -0.05) is 12.1 Å². The molecule has 7 heteroatoms.